The summed E-state index contributed by atoms with van der Waals surface area (Å²) in [5.41, 5.74) is 1.94. The van der Waals surface area contributed by atoms with Crippen LogP contribution >= 0.6 is 24.8 Å². The Morgan fingerprint density at radius 3 is 2.48 bits per heavy atom. The van der Waals surface area contributed by atoms with Gasteiger partial charge in [0.1, 0.15) is 17.1 Å². The Hall–Kier alpha value is -1.96. The van der Waals surface area contributed by atoms with Crippen molar-refractivity contribution in [2.24, 2.45) is 0 Å². The average Bonchev–Trinajstić information content (AvgIpc) is 2.61. The molecule has 0 aromatic carbocycles. The van der Waals surface area contributed by atoms with E-state index in [4.69, 9.17) is 4.42 Å². The van der Waals surface area contributed by atoms with Crippen molar-refractivity contribution in [2.45, 2.75) is 46.0 Å². The Balaban J connectivity index is 0.00000210. The standard InChI is InChI=1S/C20H26N4O3.2ClH/c1-12-9-16(15-5-4-7-21-11-15)27-20(26)18(12)19(25)22-8-6-17-23-13(2)10-14(3)24-17;;/h9-10,15,21H,4-8,11H2,1-3H3,(H,22,25);2*1H. The zero-order valence-corrected chi connectivity index (χ0v) is 18.5. The molecule has 0 spiro atoms. The number of rotatable bonds is 5. The second kappa shape index (κ2) is 11.3. The lowest BCUT2D eigenvalue weighted by molar-refractivity contribution is 0.0948. The Morgan fingerprint density at radius 2 is 1.90 bits per heavy atom. The molecule has 1 aliphatic rings. The van der Waals surface area contributed by atoms with Gasteiger partial charge in [0.15, 0.2) is 0 Å². The zero-order valence-electron chi connectivity index (χ0n) is 16.9. The molecule has 0 aliphatic carbocycles. The molecule has 1 amide bonds. The third-order valence-electron chi connectivity index (χ3n) is 4.76. The predicted octanol–water partition coefficient (Wildman–Crippen LogP) is 2.64. The highest BCUT2D eigenvalue weighted by molar-refractivity contribution is 5.95. The molecule has 3 heterocycles. The molecular weight excluding hydrogens is 415 g/mol. The number of carbonyl (C=O) groups is 1. The van der Waals surface area contributed by atoms with Crippen LogP contribution in [0.2, 0.25) is 0 Å². The smallest absolute Gasteiger partial charge is 0.349 e. The van der Waals surface area contributed by atoms with Crippen LogP contribution in [0.25, 0.3) is 0 Å². The van der Waals surface area contributed by atoms with Crippen molar-refractivity contribution in [1.82, 2.24) is 20.6 Å². The lowest BCUT2D eigenvalue weighted by Crippen LogP contribution is -2.32. The minimum atomic E-state index is -0.573. The maximum absolute atomic E-state index is 12.5. The molecular formula is C20H28Cl2N4O3. The van der Waals surface area contributed by atoms with Crippen LogP contribution in [0, 0.1) is 20.8 Å². The predicted molar refractivity (Wildman–Crippen MR) is 117 cm³/mol. The lowest BCUT2D eigenvalue weighted by atomic mass is 9.95. The van der Waals surface area contributed by atoms with E-state index in [9.17, 15) is 9.59 Å². The van der Waals surface area contributed by atoms with Gasteiger partial charge in [-0.1, -0.05) is 0 Å². The SMILES string of the molecule is Cc1cc(C)nc(CCNC(=O)c2c(C)cc(C3CCCNC3)oc2=O)n1.Cl.Cl. The summed E-state index contributed by atoms with van der Waals surface area (Å²) in [6.45, 7) is 7.74. The Labute approximate surface area is 182 Å². The molecule has 3 rings (SSSR count). The topological polar surface area (TPSA) is 97.1 Å². The molecule has 2 N–H and O–H groups in total. The van der Waals surface area contributed by atoms with E-state index >= 15 is 0 Å². The fraction of sp³-hybridized carbons (Fsp3) is 0.500. The summed E-state index contributed by atoms with van der Waals surface area (Å²) in [6.07, 6.45) is 2.54. The number of aromatic nitrogens is 2. The largest absolute Gasteiger partial charge is 0.427 e. The highest BCUT2D eigenvalue weighted by Crippen LogP contribution is 2.23. The van der Waals surface area contributed by atoms with Crippen molar-refractivity contribution in [3.63, 3.8) is 0 Å². The van der Waals surface area contributed by atoms with Crippen LogP contribution in [0.5, 0.6) is 0 Å². The lowest BCUT2D eigenvalue weighted by Gasteiger charge is -2.22. The summed E-state index contributed by atoms with van der Waals surface area (Å²) < 4.78 is 5.46. The van der Waals surface area contributed by atoms with E-state index in [2.05, 4.69) is 20.6 Å². The first-order valence-corrected chi connectivity index (χ1v) is 9.39. The second-order valence-corrected chi connectivity index (χ2v) is 7.11. The van der Waals surface area contributed by atoms with Gasteiger partial charge in [-0.2, -0.15) is 0 Å². The maximum Gasteiger partial charge on any atom is 0.349 e. The molecule has 2 aromatic heterocycles. The van der Waals surface area contributed by atoms with E-state index in [-0.39, 0.29) is 36.3 Å². The van der Waals surface area contributed by atoms with Crippen molar-refractivity contribution in [3.8, 4) is 0 Å². The van der Waals surface area contributed by atoms with Crippen molar-refractivity contribution >= 4 is 30.7 Å². The molecule has 0 saturated carbocycles. The number of nitrogens with zero attached hydrogens (tertiary/aromatic N) is 2. The highest BCUT2D eigenvalue weighted by Gasteiger charge is 2.22. The van der Waals surface area contributed by atoms with Gasteiger partial charge in [-0.05, 0) is 57.9 Å². The van der Waals surface area contributed by atoms with Crippen LogP contribution in [0.3, 0.4) is 0 Å². The van der Waals surface area contributed by atoms with Gasteiger partial charge in [-0.3, -0.25) is 4.79 Å². The molecule has 0 radical (unpaired) electrons. The monoisotopic (exact) mass is 442 g/mol. The molecule has 1 fully saturated rings. The number of halogens is 2. The summed E-state index contributed by atoms with van der Waals surface area (Å²) in [5.74, 6) is 1.10. The molecule has 29 heavy (non-hydrogen) atoms. The first kappa shape index (κ1) is 25.1. The zero-order chi connectivity index (χ0) is 19.4. The van der Waals surface area contributed by atoms with Crippen LogP contribution in [0.15, 0.2) is 21.3 Å². The number of piperidine rings is 1. The van der Waals surface area contributed by atoms with Crippen LogP contribution in [-0.4, -0.2) is 35.5 Å². The summed E-state index contributed by atoms with van der Waals surface area (Å²) in [5, 5.41) is 6.08. The van der Waals surface area contributed by atoms with Gasteiger partial charge in [0.25, 0.3) is 5.91 Å². The van der Waals surface area contributed by atoms with E-state index in [1.165, 1.54) is 0 Å². The number of nitrogens with one attached hydrogen (secondary N) is 2. The van der Waals surface area contributed by atoms with Gasteiger partial charge in [-0.25, -0.2) is 14.8 Å². The van der Waals surface area contributed by atoms with Gasteiger partial charge in [0.2, 0.25) is 0 Å². The third kappa shape index (κ3) is 6.52. The fourth-order valence-corrected chi connectivity index (χ4v) is 3.49. The normalized spacial score (nSPS) is 15.8. The number of carbonyl (C=O) groups excluding carboxylic acids is 1. The van der Waals surface area contributed by atoms with Gasteiger partial charge in [-0.15, -0.1) is 24.8 Å². The minimum Gasteiger partial charge on any atom is -0.427 e. The summed E-state index contributed by atoms with van der Waals surface area (Å²) >= 11 is 0. The average molecular weight is 443 g/mol. The molecule has 0 bridgehead atoms. The minimum absolute atomic E-state index is 0. The third-order valence-corrected chi connectivity index (χ3v) is 4.76. The van der Waals surface area contributed by atoms with Crippen LogP contribution in [0.4, 0.5) is 0 Å². The molecule has 9 heteroatoms. The Bertz CT molecular complexity index is 876. The first-order chi connectivity index (χ1) is 12.9. The molecule has 7 nitrogen and oxygen atoms in total. The molecule has 2 aromatic rings. The van der Waals surface area contributed by atoms with Crippen LogP contribution in [0.1, 0.15) is 57.7 Å². The van der Waals surface area contributed by atoms with Crippen molar-refractivity contribution in [3.05, 3.63) is 56.7 Å². The van der Waals surface area contributed by atoms with E-state index in [0.717, 1.165) is 37.3 Å². The fourth-order valence-electron chi connectivity index (χ4n) is 3.49. The van der Waals surface area contributed by atoms with E-state index in [1.54, 1.807) is 6.92 Å². The van der Waals surface area contributed by atoms with Gasteiger partial charge in [0, 0.05) is 36.8 Å². The summed E-state index contributed by atoms with van der Waals surface area (Å²) in [4.78, 5) is 33.6. The maximum atomic E-state index is 12.5. The first-order valence-electron chi connectivity index (χ1n) is 9.39. The van der Waals surface area contributed by atoms with Crippen molar-refractivity contribution in [1.29, 1.82) is 0 Å². The number of hydrogen-bond donors (Lipinski definition) is 2. The molecule has 1 aliphatic heterocycles. The van der Waals surface area contributed by atoms with Gasteiger partial charge in [0.05, 0.1) is 0 Å². The molecule has 1 saturated heterocycles. The van der Waals surface area contributed by atoms with Crippen LogP contribution < -0.4 is 16.3 Å². The molecule has 160 valence electrons. The Kier molecular flexibility index (Phi) is 9.76. The molecule has 1 unspecified atom stereocenters. The van der Waals surface area contributed by atoms with E-state index < -0.39 is 11.5 Å². The van der Waals surface area contributed by atoms with Crippen molar-refractivity contribution in [2.75, 3.05) is 19.6 Å². The summed E-state index contributed by atoms with van der Waals surface area (Å²) in [7, 11) is 0. The summed E-state index contributed by atoms with van der Waals surface area (Å²) in [6, 6.07) is 3.72. The molecule has 1 atom stereocenters. The van der Waals surface area contributed by atoms with E-state index in [0.29, 0.717) is 30.1 Å². The number of aryl methyl sites for hydroxylation is 3. The highest BCUT2D eigenvalue weighted by atomic mass is 35.5. The van der Waals surface area contributed by atoms with Gasteiger partial charge < -0.3 is 15.1 Å². The number of hydrogen-bond acceptors (Lipinski definition) is 6. The van der Waals surface area contributed by atoms with Crippen molar-refractivity contribution < 1.29 is 9.21 Å². The van der Waals surface area contributed by atoms with Crippen LogP contribution in [-0.2, 0) is 6.42 Å². The van der Waals surface area contributed by atoms with Gasteiger partial charge >= 0.3 is 5.63 Å². The Morgan fingerprint density at radius 1 is 1.21 bits per heavy atom. The quantitative estimate of drug-likeness (QED) is 0.738. The van der Waals surface area contributed by atoms with E-state index in [1.807, 2.05) is 26.0 Å². The number of amides is 1. The second-order valence-electron chi connectivity index (χ2n) is 7.11.